The van der Waals surface area contributed by atoms with E-state index in [-0.39, 0.29) is 5.41 Å². The molecule has 3 heteroatoms. The average Bonchev–Trinajstić information content (AvgIpc) is 2.50. The highest BCUT2D eigenvalue weighted by molar-refractivity contribution is 7.10. The molecule has 0 spiro atoms. The molecule has 0 radical (unpaired) electrons. The van der Waals surface area contributed by atoms with Gasteiger partial charge in [0.1, 0.15) is 0 Å². The molecule has 0 bridgehead atoms. The van der Waals surface area contributed by atoms with Crippen LogP contribution in [-0.4, -0.2) is 11.7 Å². The van der Waals surface area contributed by atoms with Crippen LogP contribution in [0.25, 0.3) is 0 Å². The fraction of sp³-hybridized carbons (Fsp3) is 0.600. The van der Waals surface area contributed by atoms with E-state index in [2.05, 4.69) is 0 Å². The summed E-state index contributed by atoms with van der Waals surface area (Å²) in [5.41, 5.74) is 6.38. The molecule has 0 fully saturated rings. The quantitative estimate of drug-likeness (QED) is 0.783. The lowest BCUT2D eigenvalue weighted by Crippen LogP contribution is -2.30. The van der Waals surface area contributed by atoms with Crippen LogP contribution in [-0.2, 0) is 0 Å². The summed E-state index contributed by atoms with van der Waals surface area (Å²) in [5.74, 6) is 0. The van der Waals surface area contributed by atoms with Crippen molar-refractivity contribution in [3.05, 3.63) is 21.9 Å². The van der Waals surface area contributed by atoms with Crippen molar-refractivity contribution in [1.29, 1.82) is 0 Å². The van der Waals surface area contributed by atoms with Gasteiger partial charge in [-0.2, -0.15) is 0 Å². The van der Waals surface area contributed by atoms with Crippen molar-refractivity contribution in [1.82, 2.24) is 0 Å². The summed E-state index contributed by atoms with van der Waals surface area (Å²) in [4.78, 5) is 1.18. The van der Waals surface area contributed by atoms with Gasteiger partial charge in [-0.25, -0.2) is 0 Å². The van der Waals surface area contributed by atoms with Gasteiger partial charge in [0.05, 0.1) is 6.10 Å². The van der Waals surface area contributed by atoms with E-state index in [1.807, 2.05) is 32.2 Å². The number of hydrogen-bond donors (Lipinski definition) is 2. The number of thiophene rings is 1. The number of nitrogens with two attached hydrogens (primary N) is 1. The van der Waals surface area contributed by atoms with E-state index in [9.17, 15) is 5.11 Å². The Morgan fingerprint density at radius 1 is 1.62 bits per heavy atom. The molecule has 0 aliphatic rings. The summed E-state index contributed by atoms with van der Waals surface area (Å²) < 4.78 is 0. The highest BCUT2D eigenvalue weighted by Gasteiger charge is 2.28. The fourth-order valence-electron chi connectivity index (χ4n) is 1.21. The van der Waals surface area contributed by atoms with Crippen molar-refractivity contribution >= 4 is 11.3 Å². The fourth-order valence-corrected chi connectivity index (χ4v) is 1.95. The van der Waals surface area contributed by atoms with E-state index < -0.39 is 6.10 Å². The summed E-state index contributed by atoms with van der Waals surface area (Å²) in [7, 11) is 0. The number of aliphatic hydroxyl groups is 1. The van der Waals surface area contributed by atoms with E-state index in [0.29, 0.717) is 6.54 Å². The number of rotatable bonds is 3. The molecule has 0 saturated heterocycles. The summed E-state index contributed by atoms with van der Waals surface area (Å²) in [6.45, 7) is 6.48. The Hall–Kier alpha value is -0.380. The first-order chi connectivity index (χ1) is 5.99. The van der Waals surface area contributed by atoms with E-state index in [1.165, 1.54) is 4.88 Å². The summed E-state index contributed by atoms with van der Waals surface area (Å²) in [6, 6.07) is 1.97. The van der Waals surface area contributed by atoms with Gasteiger partial charge in [0.15, 0.2) is 0 Å². The van der Waals surface area contributed by atoms with Crippen LogP contribution in [0.3, 0.4) is 0 Å². The first-order valence-corrected chi connectivity index (χ1v) is 5.29. The molecule has 2 nitrogen and oxygen atoms in total. The number of hydrogen-bond acceptors (Lipinski definition) is 3. The lowest BCUT2D eigenvalue weighted by atomic mass is 9.83. The molecule has 3 N–H and O–H groups in total. The van der Waals surface area contributed by atoms with Crippen molar-refractivity contribution in [2.24, 2.45) is 11.1 Å². The van der Waals surface area contributed by atoms with Crippen LogP contribution in [0.15, 0.2) is 11.4 Å². The monoisotopic (exact) mass is 199 g/mol. The maximum absolute atomic E-state index is 10.0. The van der Waals surface area contributed by atoms with E-state index >= 15 is 0 Å². The van der Waals surface area contributed by atoms with E-state index in [4.69, 9.17) is 5.73 Å². The predicted octanol–water partition coefficient (Wildman–Crippen LogP) is 2.07. The molecule has 1 unspecified atom stereocenters. The summed E-state index contributed by atoms with van der Waals surface area (Å²) >= 11 is 1.66. The van der Waals surface area contributed by atoms with Crippen LogP contribution in [0.1, 0.15) is 30.4 Å². The lowest BCUT2D eigenvalue weighted by molar-refractivity contribution is 0.0554. The Kier molecular flexibility index (Phi) is 3.11. The molecule has 0 saturated carbocycles. The topological polar surface area (TPSA) is 46.2 Å². The normalized spacial score (nSPS) is 14.5. The minimum Gasteiger partial charge on any atom is -0.388 e. The molecular weight excluding hydrogens is 182 g/mol. The van der Waals surface area contributed by atoms with Gasteiger partial charge in [0, 0.05) is 16.8 Å². The van der Waals surface area contributed by atoms with Crippen LogP contribution in [0.2, 0.25) is 0 Å². The zero-order valence-electron chi connectivity index (χ0n) is 8.37. The van der Waals surface area contributed by atoms with Gasteiger partial charge < -0.3 is 10.8 Å². The highest BCUT2D eigenvalue weighted by atomic mass is 32.1. The molecule has 74 valence electrons. The van der Waals surface area contributed by atoms with Gasteiger partial charge in [-0.05, 0) is 23.9 Å². The van der Waals surface area contributed by atoms with Crippen LogP contribution in [0.4, 0.5) is 0 Å². The van der Waals surface area contributed by atoms with Gasteiger partial charge in [0.25, 0.3) is 0 Å². The molecule has 1 aromatic rings. The van der Waals surface area contributed by atoms with Gasteiger partial charge in [0.2, 0.25) is 0 Å². The van der Waals surface area contributed by atoms with Crippen LogP contribution >= 0.6 is 11.3 Å². The first kappa shape index (κ1) is 10.7. The number of aliphatic hydroxyl groups excluding tert-OH is 1. The van der Waals surface area contributed by atoms with Crippen LogP contribution < -0.4 is 5.73 Å². The summed E-state index contributed by atoms with van der Waals surface area (Å²) in [5, 5.41) is 12.0. The lowest BCUT2D eigenvalue weighted by Gasteiger charge is -2.29. The molecule has 0 aliphatic carbocycles. The second-order valence-electron chi connectivity index (χ2n) is 4.03. The van der Waals surface area contributed by atoms with Crippen molar-refractivity contribution in [3.63, 3.8) is 0 Å². The minimum atomic E-state index is -0.455. The Labute approximate surface area is 83.4 Å². The standard InChI is InChI=1S/C10H17NOS/c1-7-8(4-5-13-7)9(12)10(2,3)6-11/h4-5,9,12H,6,11H2,1-3H3. The smallest absolute Gasteiger partial charge is 0.0863 e. The van der Waals surface area contributed by atoms with Crippen molar-refractivity contribution in [2.45, 2.75) is 26.9 Å². The Morgan fingerprint density at radius 2 is 2.23 bits per heavy atom. The molecule has 1 aromatic heterocycles. The van der Waals surface area contributed by atoms with Gasteiger partial charge in [-0.15, -0.1) is 11.3 Å². The van der Waals surface area contributed by atoms with Gasteiger partial charge in [-0.3, -0.25) is 0 Å². The molecule has 0 aromatic carbocycles. The Balaban J connectivity index is 2.91. The maximum atomic E-state index is 10.0. The molecule has 1 atom stereocenters. The second-order valence-corrected chi connectivity index (χ2v) is 5.15. The molecule has 0 amide bonds. The van der Waals surface area contributed by atoms with E-state index in [1.54, 1.807) is 11.3 Å². The van der Waals surface area contributed by atoms with Crippen LogP contribution in [0.5, 0.6) is 0 Å². The zero-order valence-corrected chi connectivity index (χ0v) is 9.19. The molecule has 13 heavy (non-hydrogen) atoms. The van der Waals surface area contributed by atoms with Crippen molar-refractivity contribution in [3.8, 4) is 0 Å². The Bertz CT molecular complexity index is 280. The van der Waals surface area contributed by atoms with E-state index in [0.717, 1.165) is 5.56 Å². The van der Waals surface area contributed by atoms with Crippen LogP contribution in [0, 0.1) is 12.3 Å². The second kappa shape index (κ2) is 3.78. The highest BCUT2D eigenvalue weighted by Crippen LogP contribution is 2.35. The first-order valence-electron chi connectivity index (χ1n) is 4.41. The van der Waals surface area contributed by atoms with Crippen molar-refractivity contribution in [2.75, 3.05) is 6.54 Å². The van der Waals surface area contributed by atoms with Crippen molar-refractivity contribution < 1.29 is 5.11 Å². The zero-order chi connectivity index (χ0) is 10.1. The third-order valence-electron chi connectivity index (χ3n) is 2.46. The molecule has 0 aliphatic heterocycles. The van der Waals surface area contributed by atoms with Gasteiger partial charge >= 0.3 is 0 Å². The molecular formula is C10H17NOS. The molecule has 1 rings (SSSR count). The largest absolute Gasteiger partial charge is 0.388 e. The average molecular weight is 199 g/mol. The van der Waals surface area contributed by atoms with Gasteiger partial charge in [-0.1, -0.05) is 13.8 Å². The third kappa shape index (κ3) is 2.10. The Morgan fingerprint density at radius 3 is 2.62 bits per heavy atom. The third-order valence-corrected chi connectivity index (χ3v) is 3.32. The minimum absolute atomic E-state index is 0.244. The predicted molar refractivity (Wildman–Crippen MR) is 56.9 cm³/mol. The SMILES string of the molecule is Cc1sccc1C(O)C(C)(C)CN. The molecule has 1 heterocycles. The summed E-state index contributed by atoms with van der Waals surface area (Å²) in [6.07, 6.45) is -0.455. The number of aryl methyl sites for hydroxylation is 1. The maximum Gasteiger partial charge on any atom is 0.0863 e.